The van der Waals surface area contributed by atoms with Crippen LogP contribution in [0.4, 0.5) is 10.1 Å². The summed E-state index contributed by atoms with van der Waals surface area (Å²) in [5.41, 5.74) is 0.169. The number of aromatic nitrogens is 2. The first-order valence-corrected chi connectivity index (χ1v) is 12.4. The maximum absolute atomic E-state index is 13.5. The molecule has 3 rings (SSSR count). The van der Waals surface area contributed by atoms with Crippen LogP contribution in [0.25, 0.3) is 5.69 Å². The highest BCUT2D eigenvalue weighted by Crippen LogP contribution is 2.35. The maximum Gasteiger partial charge on any atom is 0.272 e. The number of ether oxygens (including phenoxy) is 1. The van der Waals surface area contributed by atoms with Crippen LogP contribution in [0.3, 0.4) is 0 Å². The van der Waals surface area contributed by atoms with Gasteiger partial charge in [0.25, 0.3) is 11.6 Å². The van der Waals surface area contributed by atoms with Crippen molar-refractivity contribution in [1.29, 1.82) is 0 Å². The molecule has 0 aliphatic heterocycles. The number of hydrogen-bond acceptors (Lipinski definition) is 7. The molecule has 1 amide bonds. The normalized spacial score (nSPS) is 11.7. The second-order valence-corrected chi connectivity index (χ2v) is 10.2. The minimum absolute atomic E-state index is 0.00893. The summed E-state index contributed by atoms with van der Waals surface area (Å²) in [6.07, 6.45) is 0. The van der Waals surface area contributed by atoms with Gasteiger partial charge in [0.05, 0.1) is 10.6 Å². The van der Waals surface area contributed by atoms with Crippen LogP contribution in [0.2, 0.25) is 0 Å². The molecule has 0 unspecified atom stereocenters. The summed E-state index contributed by atoms with van der Waals surface area (Å²) in [4.78, 5) is 22.9. The van der Waals surface area contributed by atoms with E-state index in [2.05, 4.69) is 15.1 Å². The zero-order valence-electron chi connectivity index (χ0n) is 20.3. The molecule has 0 aliphatic rings. The van der Waals surface area contributed by atoms with Crippen molar-refractivity contribution in [3.05, 3.63) is 69.7 Å². The SMILES string of the molecule is Cc1c(C(=O)NC(C)C)nn(-c2ccc(F)cc2)c1Oc1ccc([N+](=O)[O-])cc1S(=O)(=O)NC(C)C. The summed E-state index contributed by atoms with van der Waals surface area (Å²) in [5, 5.41) is 18.4. The predicted molar refractivity (Wildman–Crippen MR) is 129 cm³/mol. The van der Waals surface area contributed by atoms with Crippen molar-refractivity contribution in [2.75, 3.05) is 0 Å². The molecule has 2 N–H and O–H groups in total. The van der Waals surface area contributed by atoms with Gasteiger partial charge in [0.2, 0.25) is 15.9 Å². The molecule has 1 aromatic heterocycles. The lowest BCUT2D eigenvalue weighted by molar-refractivity contribution is -0.385. The summed E-state index contributed by atoms with van der Waals surface area (Å²) in [7, 11) is -4.23. The minimum Gasteiger partial charge on any atom is -0.437 e. The monoisotopic (exact) mass is 519 g/mol. The first kappa shape index (κ1) is 26.8. The Morgan fingerprint density at radius 1 is 1.11 bits per heavy atom. The average Bonchev–Trinajstić information content (AvgIpc) is 3.09. The second kappa shape index (κ2) is 10.4. The van der Waals surface area contributed by atoms with E-state index in [1.165, 1.54) is 28.9 Å². The lowest BCUT2D eigenvalue weighted by Crippen LogP contribution is -2.31. The van der Waals surface area contributed by atoms with Crippen LogP contribution in [0.5, 0.6) is 11.6 Å². The summed E-state index contributed by atoms with van der Waals surface area (Å²) in [6.45, 7) is 8.31. The molecule has 0 aliphatic carbocycles. The van der Waals surface area contributed by atoms with E-state index in [1.807, 2.05) is 0 Å². The Hall–Kier alpha value is -3.84. The van der Waals surface area contributed by atoms with Gasteiger partial charge in [0.1, 0.15) is 16.5 Å². The Morgan fingerprint density at radius 2 is 1.75 bits per heavy atom. The number of sulfonamides is 1. The molecular formula is C23H26FN5O6S. The highest BCUT2D eigenvalue weighted by molar-refractivity contribution is 7.89. The molecule has 11 nitrogen and oxygen atoms in total. The van der Waals surface area contributed by atoms with Gasteiger partial charge in [0, 0.05) is 29.8 Å². The number of nitro benzene ring substituents is 1. The number of nitro groups is 1. The first-order valence-electron chi connectivity index (χ1n) is 10.9. The van der Waals surface area contributed by atoms with E-state index in [-0.39, 0.29) is 28.9 Å². The number of benzene rings is 2. The Morgan fingerprint density at radius 3 is 2.31 bits per heavy atom. The van der Waals surface area contributed by atoms with Gasteiger partial charge in [-0.15, -0.1) is 0 Å². The smallest absolute Gasteiger partial charge is 0.272 e. The van der Waals surface area contributed by atoms with Crippen molar-refractivity contribution >= 4 is 21.6 Å². The van der Waals surface area contributed by atoms with Crippen molar-refractivity contribution in [1.82, 2.24) is 19.8 Å². The summed E-state index contributed by atoms with van der Waals surface area (Å²) in [6, 6.07) is 7.66. The van der Waals surface area contributed by atoms with Crippen LogP contribution in [0.15, 0.2) is 47.4 Å². The molecular weight excluding hydrogens is 493 g/mol. The Bertz CT molecular complexity index is 1400. The van der Waals surface area contributed by atoms with Crippen LogP contribution in [0.1, 0.15) is 43.7 Å². The van der Waals surface area contributed by atoms with E-state index < -0.39 is 43.3 Å². The molecule has 0 radical (unpaired) electrons. The molecule has 192 valence electrons. The van der Waals surface area contributed by atoms with Crippen molar-refractivity contribution < 1.29 is 27.3 Å². The highest BCUT2D eigenvalue weighted by atomic mass is 32.2. The molecule has 2 aromatic carbocycles. The number of carbonyl (C=O) groups is 1. The molecule has 13 heteroatoms. The predicted octanol–water partition coefficient (Wildman–Crippen LogP) is 3.85. The molecule has 0 bridgehead atoms. The standard InChI is InChI=1S/C23H26FN5O6S/c1-13(2)25-22(30)21-15(5)23(28(26-21)17-8-6-16(24)7-9-17)35-19-11-10-18(29(31)32)12-20(19)36(33,34)27-14(3)4/h6-14,27H,1-5H3,(H,25,30). The quantitative estimate of drug-likeness (QED) is 0.323. The number of halogens is 1. The summed E-state index contributed by atoms with van der Waals surface area (Å²) < 4.78 is 49.1. The van der Waals surface area contributed by atoms with Gasteiger partial charge in [-0.1, -0.05) is 0 Å². The molecule has 0 saturated heterocycles. The van der Waals surface area contributed by atoms with Gasteiger partial charge in [-0.3, -0.25) is 14.9 Å². The lowest BCUT2D eigenvalue weighted by atomic mass is 10.2. The van der Waals surface area contributed by atoms with Crippen molar-refractivity contribution in [3.8, 4) is 17.3 Å². The lowest BCUT2D eigenvalue weighted by Gasteiger charge is -2.15. The molecule has 0 spiro atoms. The summed E-state index contributed by atoms with van der Waals surface area (Å²) in [5.74, 6) is -1.24. The third-order valence-electron chi connectivity index (χ3n) is 4.80. The number of rotatable bonds is 9. The highest BCUT2D eigenvalue weighted by Gasteiger charge is 2.28. The number of amides is 1. The van der Waals surface area contributed by atoms with E-state index in [1.54, 1.807) is 34.6 Å². The molecule has 3 aromatic rings. The van der Waals surface area contributed by atoms with Crippen LogP contribution in [0, 0.1) is 22.9 Å². The number of hydrogen-bond donors (Lipinski definition) is 2. The number of non-ortho nitro benzene ring substituents is 1. The topological polar surface area (TPSA) is 145 Å². The van der Waals surface area contributed by atoms with Crippen LogP contribution in [-0.4, -0.2) is 41.1 Å². The van der Waals surface area contributed by atoms with E-state index in [0.29, 0.717) is 5.69 Å². The average molecular weight is 520 g/mol. The van der Waals surface area contributed by atoms with Crippen LogP contribution >= 0.6 is 0 Å². The summed E-state index contributed by atoms with van der Waals surface area (Å²) >= 11 is 0. The zero-order chi connectivity index (χ0) is 26.8. The third kappa shape index (κ3) is 5.86. The zero-order valence-corrected chi connectivity index (χ0v) is 21.1. The van der Waals surface area contributed by atoms with Gasteiger partial charge in [-0.2, -0.15) is 9.78 Å². The first-order chi connectivity index (χ1) is 16.8. The fourth-order valence-corrected chi connectivity index (χ4v) is 4.68. The van der Waals surface area contributed by atoms with Crippen LogP contribution < -0.4 is 14.8 Å². The van der Waals surface area contributed by atoms with Crippen LogP contribution in [-0.2, 0) is 10.0 Å². The van der Waals surface area contributed by atoms with Crippen molar-refractivity contribution in [3.63, 3.8) is 0 Å². The molecule has 0 atom stereocenters. The molecule has 36 heavy (non-hydrogen) atoms. The van der Waals surface area contributed by atoms with Gasteiger partial charge in [-0.25, -0.2) is 17.5 Å². The fraction of sp³-hybridized carbons (Fsp3) is 0.304. The van der Waals surface area contributed by atoms with E-state index >= 15 is 0 Å². The number of nitrogens with zero attached hydrogens (tertiary/aromatic N) is 3. The van der Waals surface area contributed by atoms with Gasteiger partial charge >= 0.3 is 0 Å². The van der Waals surface area contributed by atoms with E-state index in [9.17, 15) is 27.7 Å². The second-order valence-electron chi connectivity index (χ2n) is 8.56. The van der Waals surface area contributed by atoms with Crippen molar-refractivity contribution in [2.24, 2.45) is 0 Å². The van der Waals surface area contributed by atoms with Crippen molar-refractivity contribution in [2.45, 2.75) is 51.6 Å². The fourth-order valence-electron chi connectivity index (χ4n) is 3.29. The largest absolute Gasteiger partial charge is 0.437 e. The third-order valence-corrected chi connectivity index (χ3v) is 6.48. The molecule has 0 fully saturated rings. The van der Waals surface area contributed by atoms with Gasteiger partial charge < -0.3 is 10.1 Å². The Balaban J connectivity index is 2.21. The minimum atomic E-state index is -4.23. The van der Waals surface area contributed by atoms with Gasteiger partial charge in [-0.05, 0) is 65.0 Å². The van der Waals surface area contributed by atoms with E-state index in [4.69, 9.17) is 4.74 Å². The number of carbonyl (C=O) groups excluding carboxylic acids is 1. The Labute approximate surface area is 207 Å². The van der Waals surface area contributed by atoms with Gasteiger partial charge in [0.15, 0.2) is 5.69 Å². The van der Waals surface area contributed by atoms with E-state index in [0.717, 1.165) is 18.2 Å². The number of nitrogens with one attached hydrogen (secondary N) is 2. The molecule has 0 saturated carbocycles. The Kier molecular flexibility index (Phi) is 7.74. The maximum atomic E-state index is 13.5. The molecule has 1 heterocycles.